The number of aromatic nitrogens is 1. The quantitative estimate of drug-likeness (QED) is 0.605. The van der Waals surface area contributed by atoms with Gasteiger partial charge in [-0.3, -0.25) is 14.4 Å². The first-order valence-corrected chi connectivity index (χ1v) is 11.1. The van der Waals surface area contributed by atoms with Gasteiger partial charge in [0.15, 0.2) is 5.13 Å². The largest absolute Gasteiger partial charge is 0.353 e. The lowest BCUT2D eigenvalue weighted by molar-refractivity contribution is -0.121. The maximum Gasteiger partial charge on any atom is 0.254 e. The summed E-state index contributed by atoms with van der Waals surface area (Å²) in [6.45, 7) is 8.45. The zero-order valence-electron chi connectivity index (χ0n) is 18.0. The molecule has 3 amide bonds. The Morgan fingerprint density at radius 2 is 1.80 bits per heavy atom. The summed E-state index contributed by atoms with van der Waals surface area (Å²) in [5, 5.41) is 7.85. The molecule has 0 saturated carbocycles. The standard InChI is InChI=1S/C22H30N4O3S/c1-5-11-26(21(29)17-9-7-6-8-10-17)13-20(28)25-22-24-18(14-30-22)12-19(27)23-16(4)15(2)3/h6-10,14-16H,5,11-13H2,1-4H3,(H,23,27)(H,24,25,28). The Morgan fingerprint density at radius 1 is 1.10 bits per heavy atom. The van der Waals surface area contributed by atoms with Crippen molar-refractivity contribution in [3.63, 3.8) is 0 Å². The van der Waals surface area contributed by atoms with Crippen molar-refractivity contribution in [2.45, 2.75) is 46.6 Å². The molecule has 0 bridgehead atoms. The van der Waals surface area contributed by atoms with Crippen molar-refractivity contribution in [1.82, 2.24) is 15.2 Å². The van der Waals surface area contributed by atoms with Gasteiger partial charge in [0.2, 0.25) is 11.8 Å². The Labute approximate surface area is 181 Å². The summed E-state index contributed by atoms with van der Waals surface area (Å²) in [6, 6.07) is 9.00. The first-order valence-electron chi connectivity index (χ1n) is 10.2. The summed E-state index contributed by atoms with van der Waals surface area (Å²) in [6.07, 6.45) is 0.912. The van der Waals surface area contributed by atoms with E-state index >= 15 is 0 Å². The third kappa shape index (κ3) is 7.26. The number of benzene rings is 1. The minimum atomic E-state index is -0.313. The molecule has 0 fully saturated rings. The van der Waals surface area contributed by atoms with Gasteiger partial charge in [-0.1, -0.05) is 39.0 Å². The van der Waals surface area contributed by atoms with Crippen LogP contribution < -0.4 is 10.6 Å². The minimum absolute atomic E-state index is 0.0527. The lowest BCUT2D eigenvalue weighted by atomic mass is 10.1. The fourth-order valence-corrected chi connectivity index (χ4v) is 3.43. The van der Waals surface area contributed by atoms with E-state index in [9.17, 15) is 14.4 Å². The molecule has 162 valence electrons. The Kier molecular flexibility index (Phi) is 8.98. The molecule has 0 spiro atoms. The monoisotopic (exact) mass is 430 g/mol. The number of amides is 3. The second-order valence-corrected chi connectivity index (χ2v) is 8.42. The van der Waals surface area contributed by atoms with E-state index in [0.29, 0.717) is 28.9 Å². The first-order chi connectivity index (χ1) is 14.3. The summed E-state index contributed by atoms with van der Waals surface area (Å²) in [7, 11) is 0. The molecule has 0 radical (unpaired) electrons. The zero-order valence-corrected chi connectivity index (χ0v) is 18.8. The van der Waals surface area contributed by atoms with Gasteiger partial charge in [-0.05, 0) is 31.4 Å². The smallest absolute Gasteiger partial charge is 0.254 e. The molecule has 1 atom stereocenters. The molecule has 0 aliphatic carbocycles. The molecule has 30 heavy (non-hydrogen) atoms. The molecule has 2 rings (SSSR count). The zero-order chi connectivity index (χ0) is 22.1. The summed E-state index contributed by atoms with van der Waals surface area (Å²) in [4.78, 5) is 43.1. The van der Waals surface area contributed by atoms with Gasteiger partial charge in [-0.2, -0.15) is 0 Å². The predicted molar refractivity (Wildman–Crippen MR) is 120 cm³/mol. The molecular formula is C22H30N4O3S. The van der Waals surface area contributed by atoms with Gasteiger partial charge in [0.25, 0.3) is 5.91 Å². The first kappa shape index (κ1) is 23.5. The van der Waals surface area contributed by atoms with E-state index in [2.05, 4.69) is 15.6 Å². The number of hydrogen-bond acceptors (Lipinski definition) is 5. The molecule has 2 N–H and O–H groups in total. The summed E-state index contributed by atoms with van der Waals surface area (Å²) < 4.78 is 0. The van der Waals surface area contributed by atoms with E-state index in [-0.39, 0.29) is 36.7 Å². The highest BCUT2D eigenvalue weighted by molar-refractivity contribution is 7.13. The average Bonchev–Trinajstić information content (AvgIpc) is 3.13. The molecule has 1 aromatic carbocycles. The number of anilines is 1. The fraction of sp³-hybridized carbons (Fsp3) is 0.455. The van der Waals surface area contributed by atoms with Crippen LogP contribution in [0.1, 0.15) is 50.2 Å². The molecule has 0 aliphatic heterocycles. The molecule has 1 heterocycles. The Bertz CT molecular complexity index is 851. The second-order valence-electron chi connectivity index (χ2n) is 7.56. The van der Waals surface area contributed by atoms with Gasteiger partial charge in [0, 0.05) is 23.5 Å². The van der Waals surface area contributed by atoms with Crippen molar-refractivity contribution in [3.8, 4) is 0 Å². The van der Waals surface area contributed by atoms with Gasteiger partial charge in [-0.25, -0.2) is 4.98 Å². The normalized spacial score (nSPS) is 11.8. The van der Waals surface area contributed by atoms with Gasteiger partial charge < -0.3 is 15.5 Å². The Morgan fingerprint density at radius 3 is 2.43 bits per heavy atom. The third-order valence-electron chi connectivity index (χ3n) is 4.66. The van der Waals surface area contributed by atoms with Crippen LogP contribution in [-0.4, -0.2) is 46.7 Å². The van der Waals surface area contributed by atoms with Crippen LogP contribution in [0, 0.1) is 5.92 Å². The maximum absolute atomic E-state index is 12.7. The van der Waals surface area contributed by atoms with Crippen LogP contribution in [0.5, 0.6) is 0 Å². The van der Waals surface area contributed by atoms with Crippen LogP contribution in [0.4, 0.5) is 5.13 Å². The Balaban J connectivity index is 1.92. The molecule has 0 aliphatic rings. The molecule has 1 unspecified atom stereocenters. The number of nitrogens with one attached hydrogen (secondary N) is 2. The Hall–Kier alpha value is -2.74. The molecular weight excluding hydrogens is 400 g/mol. The molecule has 0 saturated heterocycles. The third-order valence-corrected chi connectivity index (χ3v) is 5.47. The number of rotatable bonds is 10. The van der Waals surface area contributed by atoms with Crippen molar-refractivity contribution in [2.75, 3.05) is 18.4 Å². The molecule has 2 aromatic rings. The second kappa shape index (κ2) is 11.4. The van der Waals surface area contributed by atoms with E-state index in [1.807, 2.05) is 33.8 Å². The SMILES string of the molecule is CCCN(CC(=O)Nc1nc(CC(=O)NC(C)C(C)C)cs1)C(=O)c1ccccc1. The van der Waals surface area contributed by atoms with Crippen LogP contribution >= 0.6 is 11.3 Å². The lowest BCUT2D eigenvalue weighted by Gasteiger charge is -2.21. The molecule has 7 nitrogen and oxygen atoms in total. The topological polar surface area (TPSA) is 91.4 Å². The summed E-state index contributed by atoms with van der Waals surface area (Å²) >= 11 is 1.26. The van der Waals surface area contributed by atoms with Crippen LogP contribution in [-0.2, 0) is 16.0 Å². The number of nitrogens with zero attached hydrogens (tertiary/aromatic N) is 2. The van der Waals surface area contributed by atoms with Crippen LogP contribution in [0.15, 0.2) is 35.7 Å². The predicted octanol–water partition coefficient (Wildman–Crippen LogP) is 3.34. The highest BCUT2D eigenvalue weighted by Gasteiger charge is 2.19. The minimum Gasteiger partial charge on any atom is -0.353 e. The summed E-state index contributed by atoms with van der Waals surface area (Å²) in [5.74, 6) is -0.235. The lowest BCUT2D eigenvalue weighted by Crippen LogP contribution is -2.38. The van der Waals surface area contributed by atoms with Gasteiger partial charge in [-0.15, -0.1) is 11.3 Å². The van der Waals surface area contributed by atoms with E-state index in [4.69, 9.17) is 0 Å². The number of thiazole rings is 1. The molecule has 1 aromatic heterocycles. The maximum atomic E-state index is 12.7. The van der Waals surface area contributed by atoms with E-state index in [0.717, 1.165) is 6.42 Å². The van der Waals surface area contributed by atoms with Crippen molar-refractivity contribution in [2.24, 2.45) is 5.92 Å². The van der Waals surface area contributed by atoms with Crippen LogP contribution in [0.3, 0.4) is 0 Å². The average molecular weight is 431 g/mol. The van der Waals surface area contributed by atoms with Crippen LogP contribution in [0.25, 0.3) is 0 Å². The fourth-order valence-electron chi connectivity index (χ4n) is 2.70. The van der Waals surface area contributed by atoms with E-state index in [1.165, 1.54) is 16.2 Å². The molecule has 8 heteroatoms. The summed E-state index contributed by atoms with van der Waals surface area (Å²) in [5.41, 5.74) is 1.16. The van der Waals surface area contributed by atoms with Crippen LogP contribution in [0.2, 0.25) is 0 Å². The van der Waals surface area contributed by atoms with Crippen molar-refractivity contribution < 1.29 is 14.4 Å². The van der Waals surface area contributed by atoms with Gasteiger partial charge >= 0.3 is 0 Å². The van der Waals surface area contributed by atoms with Gasteiger partial charge in [0.05, 0.1) is 12.1 Å². The highest BCUT2D eigenvalue weighted by Crippen LogP contribution is 2.16. The number of carbonyl (C=O) groups is 3. The number of hydrogen-bond donors (Lipinski definition) is 2. The van der Waals surface area contributed by atoms with Crippen molar-refractivity contribution in [1.29, 1.82) is 0 Å². The van der Waals surface area contributed by atoms with Crippen molar-refractivity contribution in [3.05, 3.63) is 47.0 Å². The van der Waals surface area contributed by atoms with Gasteiger partial charge in [0.1, 0.15) is 6.54 Å². The highest BCUT2D eigenvalue weighted by atomic mass is 32.1. The van der Waals surface area contributed by atoms with E-state index < -0.39 is 0 Å². The number of carbonyl (C=O) groups excluding carboxylic acids is 3. The van der Waals surface area contributed by atoms with E-state index in [1.54, 1.807) is 29.6 Å². The van der Waals surface area contributed by atoms with Crippen molar-refractivity contribution >= 4 is 34.2 Å².